The van der Waals surface area contributed by atoms with Gasteiger partial charge in [0.05, 0.1) is 6.61 Å². The molecule has 3 nitrogen and oxygen atoms in total. The van der Waals surface area contributed by atoms with Crippen molar-refractivity contribution >= 4 is 11.6 Å². The van der Waals surface area contributed by atoms with Gasteiger partial charge in [-0.05, 0) is 24.7 Å². The topological polar surface area (TPSA) is 35.0 Å². The van der Waals surface area contributed by atoms with Crippen LogP contribution < -0.4 is 4.74 Å². The van der Waals surface area contributed by atoms with Gasteiger partial charge < -0.3 is 4.74 Å². The maximum Gasteiger partial charge on any atom is 0.218 e. The molecule has 0 aromatic carbocycles. The number of halogens is 1. The van der Waals surface area contributed by atoms with Crippen molar-refractivity contribution in [3.63, 3.8) is 0 Å². The highest BCUT2D eigenvalue weighted by atomic mass is 35.5. The molecule has 1 heterocycles. The fourth-order valence-electron chi connectivity index (χ4n) is 2.18. The molecule has 1 aliphatic carbocycles. The molecule has 0 saturated heterocycles. The van der Waals surface area contributed by atoms with Crippen LogP contribution in [0.1, 0.15) is 45.4 Å². The van der Waals surface area contributed by atoms with E-state index in [1.807, 2.05) is 13.8 Å². The molecule has 0 fully saturated rings. The van der Waals surface area contributed by atoms with Gasteiger partial charge in [0.25, 0.3) is 0 Å². The second-order valence-corrected chi connectivity index (χ2v) is 5.92. The standard InChI is InChI=1S/C15H21ClN2O/c1-10(2)15-17-13(16)8-14(18-15)19-9-12-7-5-4-6-11(12)3/h4-5,8,10-12H,6-7,9H2,1-3H3. The number of ether oxygens (including phenoxy) is 1. The van der Waals surface area contributed by atoms with Gasteiger partial charge in [0.2, 0.25) is 5.88 Å². The minimum atomic E-state index is 0.248. The van der Waals surface area contributed by atoms with Crippen LogP contribution in [0.5, 0.6) is 5.88 Å². The van der Waals surface area contributed by atoms with Gasteiger partial charge in [-0.25, -0.2) is 4.98 Å². The highest BCUT2D eigenvalue weighted by molar-refractivity contribution is 6.29. The van der Waals surface area contributed by atoms with E-state index in [0.29, 0.717) is 29.5 Å². The molecule has 0 spiro atoms. The maximum atomic E-state index is 6.00. The van der Waals surface area contributed by atoms with E-state index >= 15 is 0 Å². The molecule has 2 rings (SSSR count). The van der Waals surface area contributed by atoms with Crippen LogP contribution in [0, 0.1) is 11.8 Å². The Bertz CT molecular complexity index is 459. The maximum absolute atomic E-state index is 6.00. The summed E-state index contributed by atoms with van der Waals surface area (Å²) in [5.74, 6) is 2.79. The molecule has 0 bridgehead atoms. The molecule has 0 amide bonds. The Morgan fingerprint density at radius 3 is 2.74 bits per heavy atom. The smallest absolute Gasteiger partial charge is 0.218 e. The van der Waals surface area contributed by atoms with Gasteiger partial charge in [0.1, 0.15) is 11.0 Å². The van der Waals surface area contributed by atoms with Gasteiger partial charge in [0, 0.05) is 12.0 Å². The Morgan fingerprint density at radius 1 is 1.32 bits per heavy atom. The number of aromatic nitrogens is 2. The average molecular weight is 281 g/mol. The van der Waals surface area contributed by atoms with Gasteiger partial charge in [-0.2, -0.15) is 4.98 Å². The lowest BCUT2D eigenvalue weighted by Crippen LogP contribution is -2.21. The van der Waals surface area contributed by atoms with Gasteiger partial charge in [-0.15, -0.1) is 0 Å². The van der Waals surface area contributed by atoms with Crippen molar-refractivity contribution in [1.82, 2.24) is 9.97 Å². The van der Waals surface area contributed by atoms with Crippen LogP contribution in [-0.2, 0) is 0 Å². The minimum absolute atomic E-state index is 0.248. The molecule has 0 saturated carbocycles. The molecule has 0 radical (unpaired) electrons. The lowest BCUT2D eigenvalue weighted by molar-refractivity contribution is 0.192. The largest absolute Gasteiger partial charge is 0.477 e. The SMILES string of the molecule is CC(C)c1nc(Cl)cc(OCC2CC=CCC2C)n1. The first-order valence-electron chi connectivity index (χ1n) is 6.88. The van der Waals surface area contributed by atoms with Crippen LogP contribution in [0.3, 0.4) is 0 Å². The van der Waals surface area contributed by atoms with E-state index in [1.54, 1.807) is 6.07 Å². The third kappa shape index (κ3) is 3.93. The fraction of sp³-hybridized carbons (Fsp3) is 0.600. The first-order valence-corrected chi connectivity index (χ1v) is 7.26. The summed E-state index contributed by atoms with van der Waals surface area (Å²) < 4.78 is 5.82. The van der Waals surface area contributed by atoms with Crippen LogP contribution in [0.25, 0.3) is 0 Å². The van der Waals surface area contributed by atoms with Crippen LogP contribution in [0.2, 0.25) is 5.15 Å². The monoisotopic (exact) mass is 280 g/mol. The van der Waals surface area contributed by atoms with Crippen LogP contribution in [0.4, 0.5) is 0 Å². The Labute approximate surface area is 120 Å². The van der Waals surface area contributed by atoms with Crippen molar-refractivity contribution in [3.8, 4) is 5.88 Å². The third-order valence-corrected chi connectivity index (χ3v) is 3.76. The van der Waals surface area contributed by atoms with E-state index in [9.17, 15) is 0 Å². The summed E-state index contributed by atoms with van der Waals surface area (Å²) in [5.41, 5.74) is 0. The summed E-state index contributed by atoms with van der Waals surface area (Å²) >= 11 is 6.00. The third-order valence-electron chi connectivity index (χ3n) is 3.57. The molecule has 1 aromatic rings. The lowest BCUT2D eigenvalue weighted by Gasteiger charge is -2.25. The fourth-order valence-corrected chi connectivity index (χ4v) is 2.36. The van der Waals surface area contributed by atoms with E-state index in [0.717, 1.165) is 18.7 Å². The Morgan fingerprint density at radius 2 is 2.05 bits per heavy atom. The summed E-state index contributed by atoms with van der Waals surface area (Å²) in [6, 6.07) is 1.69. The molecule has 2 unspecified atom stereocenters. The van der Waals surface area contributed by atoms with Crippen molar-refractivity contribution in [2.45, 2.75) is 39.5 Å². The molecule has 4 heteroatoms. The average Bonchev–Trinajstić information content (AvgIpc) is 2.37. The highest BCUT2D eigenvalue weighted by Crippen LogP contribution is 2.26. The second kappa shape index (κ2) is 6.38. The quantitative estimate of drug-likeness (QED) is 0.611. The van der Waals surface area contributed by atoms with Crippen molar-refractivity contribution < 1.29 is 4.74 Å². The molecule has 0 N–H and O–H groups in total. The van der Waals surface area contributed by atoms with Gasteiger partial charge in [0.15, 0.2) is 0 Å². The summed E-state index contributed by atoms with van der Waals surface area (Å²) in [6.45, 7) is 7.05. The van der Waals surface area contributed by atoms with Gasteiger partial charge >= 0.3 is 0 Å². The van der Waals surface area contributed by atoms with Crippen molar-refractivity contribution in [2.24, 2.45) is 11.8 Å². The predicted octanol–water partition coefficient (Wildman–Crippen LogP) is 4.23. The van der Waals surface area contributed by atoms with Gasteiger partial charge in [-0.1, -0.05) is 44.5 Å². The van der Waals surface area contributed by atoms with E-state index in [1.165, 1.54) is 0 Å². The van der Waals surface area contributed by atoms with Crippen molar-refractivity contribution in [2.75, 3.05) is 6.61 Å². The van der Waals surface area contributed by atoms with E-state index in [4.69, 9.17) is 16.3 Å². The lowest BCUT2D eigenvalue weighted by atomic mass is 9.85. The van der Waals surface area contributed by atoms with Gasteiger partial charge in [-0.3, -0.25) is 0 Å². The van der Waals surface area contributed by atoms with E-state index in [2.05, 4.69) is 29.0 Å². The molecular weight excluding hydrogens is 260 g/mol. The molecule has 1 aromatic heterocycles. The Hall–Kier alpha value is -1.09. The zero-order chi connectivity index (χ0) is 13.8. The zero-order valence-corrected chi connectivity index (χ0v) is 12.5. The second-order valence-electron chi connectivity index (χ2n) is 5.53. The first kappa shape index (κ1) is 14.3. The molecule has 0 aliphatic heterocycles. The Kier molecular flexibility index (Phi) is 4.81. The van der Waals surface area contributed by atoms with E-state index < -0.39 is 0 Å². The molecule has 1 aliphatic rings. The van der Waals surface area contributed by atoms with Crippen molar-refractivity contribution in [1.29, 1.82) is 0 Å². The number of hydrogen-bond donors (Lipinski definition) is 0. The summed E-state index contributed by atoms with van der Waals surface area (Å²) in [4.78, 5) is 8.61. The zero-order valence-electron chi connectivity index (χ0n) is 11.8. The molecular formula is C15H21ClN2O. The van der Waals surface area contributed by atoms with Crippen LogP contribution >= 0.6 is 11.6 Å². The number of rotatable bonds is 4. The summed E-state index contributed by atoms with van der Waals surface area (Å²) in [7, 11) is 0. The first-order chi connectivity index (χ1) is 9.06. The highest BCUT2D eigenvalue weighted by Gasteiger charge is 2.19. The van der Waals surface area contributed by atoms with Crippen LogP contribution in [0.15, 0.2) is 18.2 Å². The number of allylic oxidation sites excluding steroid dienone is 2. The Balaban J connectivity index is 2.01. The minimum Gasteiger partial charge on any atom is -0.477 e. The van der Waals surface area contributed by atoms with Crippen molar-refractivity contribution in [3.05, 3.63) is 29.2 Å². The normalized spacial score (nSPS) is 22.8. The van der Waals surface area contributed by atoms with E-state index in [-0.39, 0.29) is 5.92 Å². The number of hydrogen-bond acceptors (Lipinski definition) is 3. The molecule has 104 valence electrons. The molecule has 2 atom stereocenters. The summed E-state index contributed by atoms with van der Waals surface area (Å²) in [6.07, 6.45) is 6.70. The van der Waals surface area contributed by atoms with Crippen LogP contribution in [-0.4, -0.2) is 16.6 Å². The molecule has 19 heavy (non-hydrogen) atoms. The number of nitrogens with zero attached hydrogens (tertiary/aromatic N) is 2. The predicted molar refractivity (Wildman–Crippen MR) is 77.7 cm³/mol. The summed E-state index contributed by atoms with van der Waals surface area (Å²) in [5, 5.41) is 0.449.